The third-order valence-corrected chi connectivity index (χ3v) is 5.20. The molecule has 1 saturated heterocycles. The monoisotopic (exact) mass is 401 g/mol. The molecule has 3 heterocycles. The molecule has 1 aliphatic heterocycles. The molecular weight excluding hydrogens is 378 g/mol. The average Bonchev–Trinajstić information content (AvgIpc) is 2.79. The van der Waals surface area contributed by atoms with E-state index in [1.54, 1.807) is 29.4 Å². The number of likely N-dealkylation sites (tertiary alicyclic amines) is 1. The van der Waals surface area contributed by atoms with Gasteiger partial charge < -0.3 is 10.2 Å². The highest BCUT2D eigenvalue weighted by atomic mass is 16.2. The van der Waals surface area contributed by atoms with Gasteiger partial charge in [0.25, 0.3) is 0 Å². The van der Waals surface area contributed by atoms with Gasteiger partial charge in [0.1, 0.15) is 5.82 Å². The van der Waals surface area contributed by atoms with Gasteiger partial charge in [-0.3, -0.25) is 14.6 Å². The lowest BCUT2D eigenvalue weighted by molar-refractivity contribution is -0.130. The van der Waals surface area contributed by atoms with Crippen molar-refractivity contribution in [3.63, 3.8) is 0 Å². The summed E-state index contributed by atoms with van der Waals surface area (Å²) in [6, 6.07) is 11.3. The number of pyridine rings is 1. The van der Waals surface area contributed by atoms with Gasteiger partial charge in [-0.25, -0.2) is 9.97 Å². The van der Waals surface area contributed by atoms with Gasteiger partial charge >= 0.3 is 0 Å². The molecule has 4 rings (SSSR count). The first-order valence-corrected chi connectivity index (χ1v) is 10.0. The highest BCUT2D eigenvalue weighted by Crippen LogP contribution is 2.19. The smallest absolute Gasteiger partial charge is 0.246 e. The number of benzene rings is 1. The fourth-order valence-electron chi connectivity index (χ4n) is 3.45. The Hall–Kier alpha value is -3.61. The first kappa shape index (κ1) is 19.7. The van der Waals surface area contributed by atoms with Crippen molar-refractivity contribution in [3.8, 4) is 0 Å². The molecule has 3 aromatic rings. The second-order valence-electron chi connectivity index (χ2n) is 7.43. The molecule has 0 bridgehead atoms. The van der Waals surface area contributed by atoms with Crippen LogP contribution in [0, 0.1) is 12.8 Å². The summed E-state index contributed by atoms with van der Waals surface area (Å²) < 4.78 is 0. The maximum Gasteiger partial charge on any atom is 0.246 e. The highest BCUT2D eigenvalue weighted by molar-refractivity contribution is 5.93. The summed E-state index contributed by atoms with van der Waals surface area (Å²) >= 11 is 0. The predicted molar refractivity (Wildman–Crippen MR) is 115 cm³/mol. The minimum absolute atomic E-state index is 0.0413. The van der Waals surface area contributed by atoms with Crippen molar-refractivity contribution in [3.05, 3.63) is 66.1 Å². The summed E-state index contributed by atoms with van der Waals surface area (Å²) in [6.07, 6.45) is 7.85. The number of fused-ring (bicyclic) bond motifs is 1. The number of nitrogens with zero attached hydrogens (tertiary/aromatic N) is 4. The molecule has 1 aliphatic rings. The van der Waals surface area contributed by atoms with Crippen LogP contribution in [-0.4, -0.2) is 44.8 Å². The summed E-state index contributed by atoms with van der Waals surface area (Å²) in [5, 5.41) is 2.86. The zero-order chi connectivity index (χ0) is 20.9. The van der Waals surface area contributed by atoms with Crippen LogP contribution in [0.1, 0.15) is 24.1 Å². The van der Waals surface area contributed by atoms with E-state index in [4.69, 9.17) is 0 Å². The normalized spacial score (nSPS) is 14.9. The molecule has 30 heavy (non-hydrogen) atoms. The summed E-state index contributed by atoms with van der Waals surface area (Å²) in [4.78, 5) is 39.8. The second-order valence-corrected chi connectivity index (χ2v) is 7.43. The highest BCUT2D eigenvalue weighted by Gasteiger charge is 2.26. The molecule has 7 nitrogen and oxygen atoms in total. The number of piperidine rings is 1. The maximum absolute atomic E-state index is 12.5. The van der Waals surface area contributed by atoms with E-state index >= 15 is 0 Å². The third-order valence-electron chi connectivity index (χ3n) is 5.20. The van der Waals surface area contributed by atoms with Crippen LogP contribution in [0.4, 0.5) is 5.82 Å². The number of amides is 2. The Kier molecular flexibility index (Phi) is 5.79. The topological polar surface area (TPSA) is 88.1 Å². The van der Waals surface area contributed by atoms with E-state index in [1.807, 2.05) is 37.3 Å². The van der Waals surface area contributed by atoms with Crippen molar-refractivity contribution in [1.82, 2.24) is 19.9 Å². The van der Waals surface area contributed by atoms with Crippen LogP contribution in [-0.2, 0) is 9.59 Å². The van der Waals surface area contributed by atoms with E-state index in [0.29, 0.717) is 37.4 Å². The minimum atomic E-state index is -0.118. The molecule has 152 valence electrons. The SMILES string of the molecule is Cc1ccc(NC(=O)C2CCN(C(=O)/C=C/c3cnc4ccccc4n3)CC2)nc1. The molecule has 1 aromatic carbocycles. The van der Waals surface area contributed by atoms with Gasteiger partial charge in [0.15, 0.2) is 0 Å². The van der Waals surface area contributed by atoms with Crippen LogP contribution in [0.2, 0.25) is 0 Å². The van der Waals surface area contributed by atoms with E-state index in [0.717, 1.165) is 16.6 Å². The molecule has 0 aliphatic carbocycles. The number of hydrogen-bond acceptors (Lipinski definition) is 5. The number of hydrogen-bond donors (Lipinski definition) is 1. The van der Waals surface area contributed by atoms with Crippen LogP contribution < -0.4 is 5.32 Å². The molecular formula is C23H23N5O2. The van der Waals surface area contributed by atoms with Crippen LogP contribution in [0.15, 0.2) is 54.9 Å². The largest absolute Gasteiger partial charge is 0.339 e. The van der Waals surface area contributed by atoms with Crippen molar-refractivity contribution in [2.24, 2.45) is 5.92 Å². The molecule has 2 amide bonds. The number of para-hydroxylation sites is 2. The zero-order valence-corrected chi connectivity index (χ0v) is 16.8. The molecule has 2 aromatic heterocycles. The van der Waals surface area contributed by atoms with Crippen molar-refractivity contribution in [2.75, 3.05) is 18.4 Å². The van der Waals surface area contributed by atoms with Gasteiger partial charge in [-0.1, -0.05) is 18.2 Å². The second kappa shape index (κ2) is 8.82. The Balaban J connectivity index is 1.30. The van der Waals surface area contributed by atoms with Crippen molar-refractivity contribution in [1.29, 1.82) is 0 Å². The fraction of sp³-hybridized carbons (Fsp3) is 0.261. The molecule has 0 unspecified atom stereocenters. The minimum Gasteiger partial charge on any atom is -0.339 e. The number of aromatic nitrogens is 3. The number of nitrogens with one attached hydrogen (secondary N) is 1. The molecule has 1 N–H and O–H groups in total. The summed E-state index contributed by atoms with van der Waals surface area (Å²) in [5.74, 6) is 0.320. The number of aryl methyl sites for hydroxylation is 1. The molecule has 0 atom stereocenters. The predicted octanol–water partition coefficient (Wildman–Crippen LogP) is 3.22. The average molecular weight is 401 g/mol. The molecule has 1 fully saturated rings. The zero-order valence-electron chi connectivity index (χ0n) is 16.8. The van der Waals surface area contributed by atoms with Crippen LogP contribution in [0.5, 0.6) is 0 Å². The molecule has 0 saturated carbocycles. The van der Waals surface area contributed by atoms with Gasteiger partial charge in [0.2, 0.25) is 11.8 Å². The van der Waals surface area contributed by atoms with Gasteiger partial charge in [0.05, 0.1) is 22.9 Å². The summed E-state index contributed by atoms with van der Waals surface area (Å²) in [6.45, 7) is 3.05. The van der Waals surface area contributed by atoms with E-state index in [-0.39, 0.29) is 17.7 Å². The molecule has 7 heteroatoms. The fourth-order valence-corrected chi connectivity index (χ4v) is 3.45. The third kappa shape index (κ3) is 4.68. The first-order valence-electron chi connectivity index (χ1n) is 10.0. The van der Waals surface area contributed by atoms with Gasteiger partial charge in [-0.15, -0.1) is 0 Å². The van der Waals surface area contributed by atoms with Crippen molar-refractivity contribution >= 4 is 34.7 Å². The van der Waals surface area contributed by atoms with Gasteiger partial charge in [-0.05, 0) is 49.6 Å². The lowest BCUT2D eigenvalue weighted by atomic mass is 9.96. The Morgan fingerprint density at radius 3 is 2.53 bits per heavy atom. The van der Waals surface area contributed by atoms with Gasteiger partial charge in [-0.2, -0.15) is 0 Å². The van der Waals surface area contributed by atoms with Crippen LogP contribution in [0.25, 0.3) is 17.1 Å². The Morgan fingerprint density at radius 1 is 1.03 bits per heavy atom. The van der Waals surface area contributed by atoms with E-state index < -0.39 is 0 Å². The lowest BCUT2D eigenvalue weighted by Gasteiger charge is -2.30. The van der Waals surface area contributed by atoms with E-state index in [1.165, 1.54) is 6.08 Å². The Morgan fingerprint density at radius 2 is 1.80 bits per heavy atom. The number of carbonyl (C=O) groups excluding carboxylic acids is 2. The summed E-state index contributed by atoms with van der Waals surface area (Å²) in [7, 11) is 0. The summed E-state index contributed by atoms with van der Waals surface area (Å²) in [5.41, 5.74) is 3.30. The molecule has 0 radical (unpaired) electrons. The quantitative estimate of drug-likeness (QED) is 0.678. The van der Waals surface area contributed by atoms with E-state index in [9.17, 15) is 9.59 Å². The maximum atomic E-state index is 12.5. The van der Waals surface area contributed by atoms with Crippen LogP contribution in [0.3, 0.4) is 0 Å². The lowest BCUT2D eigenvalue weighted by Crippen LogP contribution is -2.40. The standard InChI is InChI=1S/C23H23N5O2/c1-16-6-8-21(25-14-16)27-23(30)17-10-12-28(13-11-17)22(29)9-7-18-15-24-19-4-2-3-5-20(19)26-18/h2-9,14-15,17H,10-13H2,1H3,(H,25,27,30)/b9-7+. The number of carbonyl (C=O) groups is 2. The van der Waals surface area contributed by atoms with E-state index in [2.05, 4.69) is 20.3 Å². The van der Waals surface area contributed by atoms with Crippen molar-refractivity contribution in [2.45, 2.75) is 19.8 Å². The number of anilines is 1. The van der Waals surface area contributed by atoms with Crippen molar-refractivity contribution < 1.29 is 9.59 Å². The Labute approximate surface area is 174 Å². The Bertz CT molecular complexity index is 1090. The van der Waals surface area contributed by atoms with Crippen LogP contribution >= 0.6 is 0 Å². The first-order chi connectivity index (χ1) is 14.6. The number of rotatable bonds is 4. The molecule has 0 spiro atoms. The van der Waals surface area contributed by atoms with Gasteiger partial charge in [0, 0.05) is 31.3 Å².